The Morgan fingerprint density at radius 1 is 1.15 bits per heavy atom. The average molecular weight is 510 g/mol. The molecule has 0 aromatic heterocycles. The number of esters is 1. The third-order valence-corrected chi connectivity index (χ3v) is 8.30. The first kappa shape index (κ1) is 26.0. The summed E-state index contributed by atoms with van der Waals surface area (Å²) in [5.41, 5.74) is -0.402. The fourth-order valence-electron chi connectivity index (χ4n) is 3.56. The van der Waals surface area contributed by atoms with E-state index in [2.05, 4.69) is 0 Å². The third kappa shape index (κ3) is 6.29. The maximum atomic E-state index is 13.7. The standard InChI is InChI=1S/C24H28FNO6S2/c1-24(2,3)32-23(29)20(15-16-6-10-18(27)11-7-16)26(22(28)21-5-4-14-33-21)34(30,31)19-12-8-17(25)9-13-19/h6-13,20-21,27H,4-5,14-15H2,1-3H3/t20-,21-/m0/s1. The third-order valence-electron chi connectivity index (χ3n) is 5.12. The number of aromatic hydroxyl groups is 1. The molecule has 10 heteroatoms. The van der Waals surface area contributed by atoms with E-state index in [1.54, 1.807) is 32.9 Å². The van der Waals surface area contributed by atoms with Gasteiger partial charge in [-0.3, -0.25) is 4.79 Å². The number of amides is 1. The molecule has 0 unspecified atom stereocenters. The minimum atomic E-state index is -4.53. The monoisotopic (exact) mass is 509 g/mol. The molecule has 1 amide bonds. The number of carbonyl (C=O) groups is 2. The summed E-state index contributed by atoms with van der Waals surface area (Å²) in [5.74, 6) is -1.50. The van der Waals surface area contributed by atoms with E-state index in [1.807, 2.05) is 0 Å². The van der Waals surface area contributed by atoms with Crippen LogP contribution in [0.1, 0.15) is 39.2 Å². The SMILES string of the molecule is CC(C)(C)OC(=O)[C@H](Cc1ccc(O)cc1)N(C(=O)[C@@H]1CCCS1)S(=O)(=O)c1ccc(F)cc1. The number of rotatable bonds is 7. The highest BCUT2D eigenvalue weighted by molar-refractivity contribution is 8.01. The van der Waals surface area contributed by atoms with Crippen LogP contribution in [-0.4, -0.2) is 52.4 Å². The van der Waals surface area contributed by atoms with Crippen molar-refractivity contribution in [2.24, 2.45) is 0 Å². The van der Waals surface area contributed by atoms with Gasteiger partial charge in [0.1, 0.15) is 23.2 Å². The summed E-state index contributed by atoms with van der Waals surface area (Å²) in [7, 11) is -4.53. The fourth-order valence-corrected chi connectivity index (χ4v) is 6.40. The van der Waals surface area contributed by atoms with Gasteiger partial charge < -0.3 is 9.84 Å². The maximum Gasteiger partial charge on any atom is 0.330 e. The minimum Gasteiger partial charge on any atom is -0.508 e. The zero-order valence-electron chi connectivity index (χ0n) is 19.2. The second-order valence-electron chi connectivity index (χ2n) is 9.01. The molecule has 0 bridgehead atoms. The summed E-state index contributed by atoms with van der Waals surface area (Å²) in [4.78, 5) is 26.6. The molecule has 0 saturated carbocycles. The average Bonchev–Trinajstić information content (AvgIpc) is 3.28. The number of carbonyl (C=O) groups excluding carboxylic acids is 2. The Balaban J connectivity index is 2.12. The number of thioether (sulfide) groups is 1. The van der Waals surface area contributed by atoms with Crippen molar-refractivity contribution >= 4 is 33.7 Å². The first-order valence-corrected chi connectivity index (χ1v) is 13.3. The van der Waals surface area contributed by atoms with E-state index in [4.69, 9.17) is 4.74 Å². The Hall–Kier alpha value is -2.59. The molecule has 1 aliphatic rings. The highest BCUT2D eigenvalue weighted by Gasteiger charge is 2.44. The Morgan fingerprint density at radius 3 is 2.29 bits per heavy atom. The molecule has 1 saturated heterocycles. The molecule has 2 aromatic rings. The molecule has 34 heavy (non-hydrogen) atoms. The number of benzene rings is 2. The topological polar surface area (TPSA) is 101 Å². The number of halogens is 1. The van der Waals surface area contributed by atoms with Crippen molar-refractivity contribution in [2.75, 3.05) is 5.75 Å². The van der Waals surface area contributed by atoms with E-state index < -0.39 is 44.6 Å². The van der Waals surface area contributed by atoms with Gasteiger partial charge >= 0.3 is 5.97 Å². The zero-order valence-corrected chi connectivity index (χ0v) is 20.9. The van der Waals surface area contributed by atoms with Crippen molar-refractivity contribution in [3.8, 4) is 5.75 Å². The van der Waals surface area contributed by atoms with Gasteiger partial charge in [-0.1, -0.05) is 12.1 Å². The predicted molar refractivity (Wildman–Crippen MR) is 127 cm³/mol. The predicted octanol–water partition coefficient (Wildman–Crippen LogP) is 3.90. The van der Waals surface area contributed by atoms with Crippen molar-refractivity contribution in [2.45, 2.75) is 61.8 Å². The largest absolute Gasteiger partial charge is 0.508 e. The summed E-state index contributed by atoms with van der Waals surface area (Å²) in [5, 5.41) is 8.98. The lowest BCUT2D eigenvalue weighted by Gasteiger charge is -2.33. The molecule has 3 rings (SSSR count). The number of phenols is 1. The van der Waals surface area contributed by atoms with Crippen LogP contribution in [0.4, 0.5) is 4.39 Å². The van der Waals surface area contributed by atoms with E-state index in [1.165, 1.54) is 23.9 Å². The number of phenolic OH excluding ortho intramolecular Hbond substituents is 1. The Morgan fingerprint density at radius 2 is 1.76 bits per heavy atom. The Kier molecular flexibility index (Phi) is 7.92. The van der Waals surface area contributed by atoms with E-state index in [0.717, 1.165) is 30.7 Å². The van der Waals surface area contributed by atoms with Gasteiger partial charge in [0, 0.05) is 6.42 Å². The van der Waals surface area contributed by atoms with Crippen LogP contribution in [0.5, 0.6) is 5.75 Å². The number of nitrogens with zero attached hydrogens (tertiary/aromatic N) is 1. The molecule has 0 radical (unpaired) electrons. The quantitative estimate of drug-likeness (QED) is 0.565. The summed E-state index contributed by atoms with van der Waals surface area (Å²) >= 11 is 1.34. The summed E-state index contributed by atoms with van der Waals surface area (Å²) in [6.45, 7) is 4.95. The minimum absolute atomic E-state index is 0.00629. The van der Waals surface area contributed by atoms with Crippen LogP contribution in [0, 0.1) is 5.82 Å². The second-order valence-corrected chi connectivity index (χ2v) is 12.1. The van der Waals surface area contributed by atoms with Crippen LogP contribution in [0.25, 0.3) is 0 Å². The Labute approximate surface area is 203 Å². The highest BCUT2D eigenvalue weighted by Crippen LogP contribution is 2.32. The van der Waals surface area contributed by atoms with Crippen LogP contribution in [0.15, 0.2) is 53.4 Å². The smallest absolute Gasteiger partial charge is 0.330 e. The molecule has 2 aromatic carbocycles. The fraction of sp³-hybridized carbons (Fsp3) is 0.417. The van der Waals surface area contributed by atoms with Gasteiger partial charge in [0.05, 0.1) is 10.1 Å². The van der Waals surface area contributed by atoms with Crippen LogP contribution in [0.2, 0.25) is 0 Å². The van der Waals surface area contributed by atoms with Crippen molar-refractivity contribution in [3.05, 3.63) is 59.9 Å². The Bertz CT molecular complexity index is 1120. The molecule has 1 aliphatic heterocycles. The second kappa shape index (κ2) is 10.4. The van der Waals surface area contributed by atoms with Gasteiger partial charge in [0.25, 0.3) is 10.0 Å². The summed E-state index contributed by atoms with van der Waals surface area (Å²) in [6, 6.07) is 8.54. The number of sulfonamides is 1. The van der Waals surface area contributed by atoms with Gasteiger partial charge in [0.15, 0.2) is 0 Å². The number of hydrogen-bond acceptors (Lipinski definition) is 7. The molecular weight excluding hydrogens is 481 g/mol. The molecule has 0 spiro atoms. The summed E-state index contributed by atoms with van der Waals surface area (Å²) in [6.07, 6.45) is 1.08. The lowest BCUT2D eigenvalue weighted by Crippen LogP contribution is -2.53. The lowest BCUT2D eigenvalue weighted by molar-refractivity contribution is -0.161. The molecule has 1 fully saturated rings. The molecule has 1 heterocycles. The van der Waals surface area contributed by atoms with Crippen molar-refractivity contribution in [1.29, 1.82) is 0 Å². The van der Waals surface area contributed by atoms with E-state index in [0.29, 0.717) is 22.0 Å². The van der Waals surface area contributed by atoms with Crippen molar-refractivity contribution < 1.29 is 32.2 Å². The maximum absolute atomic E-state index is 13.7. The van der Waals surface area contributed by atoms with Crippen molar-refractivity contribution in [3.63, 3.8) is 0 Å². The molecule has 1 N–H and O–H groups in total. The van der Waals surface area contributed by atoms with Crippen LogP contribution in [0.3, 0.4) is 0 Å². The molecular formula is C24H28FNO6S2. The van der Waals surface area contributed by atoms with E-state index in [-0.39, 0.29) is 17.1 Å². The van der Waals surface area contributed by atoms with Gasteiger partial charge in [-0.2, -0.15) is 0 Å². The van der Waals surface area contributed by atoms with Gasteiger partial charge in [-0.15, -0.1) is 11.8 Å². The van der Waals surface area contributed by atoms with E-state index in [9.17, 15) is 27.5 Å². The van der Waals surface area contributed by atoms with Gasteiger partial charge in [-0.05, 0) is 81.3 Å². The van der Waals surface area contributed by atoms with Gasteiger partial charge in [-0.25, -0.2) is 21.9 Å². The lowest BCUT2D eigenvalue weighted by atomic mass is 10.0. The van der Waals surface area contributed by atoms with Crippen LogP contribution in [-0.2, 0) is 30.8 Å². The van der Waals surface area contributed by atoms with Crippen LogP contribution >= 0.6 is 11.8 Å². The zero-order chi connectivity index (χ0) is 25.1. The molecule has 7 nitrogen and oxygen atoms in total. The normalized spacial score (nSPS) is 17.2. The first-order chi connectivity index (χ1) is 15.9. The van der Waals surface area contributed by atoms with Gasteiger partial charge in [0.2, 0.25) is 5.91 Å². The highest BCUT2D eigenvalue weighted by atomic mass is 32.2. The number of ether oxygens (including phenoxy) is 1. The van der Waals surface area contributed by atoms with Crippen molar-refractivity contribution in [1.82, 2.24) is 4.31 Å². The molecule has 0 aliphatic carbocycles. The first-order valence-electron chi connectivity index (χ1n) is 10.8. The molecule has 184 valence electrons. The summed E-state index contributed by atoms with van der Waals surface area (Å²) < 4.78 is 47.1. The molecule has 2 atom stereocenters. The van der Waals surface area contributed by atoms with Crippen LogP contribution < -0.4 is 0 Å². The number of hydrogen-bond donors (Lipinski definition) is 1. The van der Waals surface area contributed by atoms with E-state index >= 15 is 0 Å².